The second-order valence-corrected chi connectivity index (χ2v) is 9.46. The molecule has 2 heterocycles. The predicted octanol–water partition coefficient (Wildman–Crippen LogP) is 1.90. The van der Waals surface area contributed by atoms with E-state index in [1.54, 1.807) is 0 Å². The van der Waals surface area contributed by atoms with Crippen molar-refractivity contribution >= 4 is 37.5 Å². The van der Waals surface area contributed by atoms with Crippen LogP contribution in [-0.2, 0) is 28.3 Å². The molecule has 0 aliphatic carbocycles. The number of carbonyl (C=O) groups excluding carboxylic acids is 1. The van der Waals surface area contributed by atoms with E-state index in [-0.39, 0.29) is 18.4 Å². The highest BCUT2D eigenvalue weighted by atomic mass is 32.2. The lowest BCUT2D eigenvalue weighted by atomic mass is 9.99. The number of hydrogen-bond donors (Lipinski definition) is 0. The average molecular weight is 382 g/mol. The topological polar surface area (TPSA) is 71.7 Å². The van der Waals surface area contributed by atoms with Gasteiger partial charge in [-0.05, 0) is 30.9 Å². The molecule has 2 aromatic rings. The molecule has 0 spiro atoms. The average Bonchev–Trinajstić information content (AvgIpc) is 2.90. The summed E-state index contributed by atoms with van der Waals surface area (Å²) >= 11 is 1.50. The maximum absolute atomic E-state index is 12.6. The highest BCUT2D eigenvalue weighted by Crippen LogP contribution is 2.22. The van der Waals surface area contributed by atoms with Crippen molar-refractivity contribution in [1.29, 1.82) is 0 Å². The van der Waals surface area contributed by atoms with Crippen molar-refractivity contribution in [2.24, 2.45) is 18.0 Å². The Morgan fingerprint density at radius 2 is 2.16 bits per heavy atom. The van der Waals surface area contributed by atoms with Crippen molar-refractivity contribution in [2.75, 3.05) is 19.3 Å². The number of sulfonamides is 1. The van der Waals surface area contributed by atoms with Crippen LogP contribution in [0.1, 0.15) is 25.3 Å². The monoisotopic (exact) mass is 381 g/mol. The number of aryl methyl sites for hydroxylation is 2. The van der Waals surface area contributed by atoms with Crippen molar-refractivity contribution in [3.05, 3.63) is 28.6 Å². The molecular formula is C17H23N3O3S2. The minimum absolute atomic E-state index is 0.228. The lowest BCUT2D eigenvalue weighted by molar-refractivity contribution is -0.122. The number of aromatic nitrogens is 1. The van der Waals surface area contributed by atoms with Gasteiger partial charge in [0, 0.05) is 20.1 Å². The van der Waals surface area contributed by atoms with Gasteiger partial charge in [-0.25, -0.2) is 12.7 Å². The van der Waals surface area contributed by atoms with E-state index in [4.69, 9.17) is 0 Å². The third kappa shape index (κ3) is 3.70. The molecule has 8 heteroatoms. The van der Waals surface area contributed by atoms with Crippen molar-refractivity contribution < 1.29 is 13.2 Å². The summed E-state index contributed by atoms with van der Waals surface area (Å²) in [6, 6.07) is 6.15. The van der Waals surface area contributed by atoms with Gasteiger partial charge in [0.1, 0.15) is 0 Å². The maximum atomic E-state index is 12.6. The molecule has 1 unspecified atom stereocenters. The third-order valence-corrected chi connectivity index (χ3v) is 7.06. The van der Waals surface area contributed by atoms with E-state index in [0.717, 1.165) is 16.6 Å². The summed E-state index contributed by atoms with van der Waals surface area (Å²) in [5.41, 5.74) is 2.34. The largest absolute Gasteiger partial charge is 0.319 e. The summed E-state index contributed by atoms with van der Waals surface area (Å²) < 4.78 is 27.9. The lowest BCUT2D eigenvalue weighted by Gasteiger charge is -2.28. The van der Waals surface area contributed by atoms with E-state index < -0.39 is 10.0 Å². The molecule has 1 aliphatic rings. The van der Waals surface area contributed by atoms with Gasteiger partial charge >= 0.3 is 0 Å². The highest BCUT2D eigenvalue weighted by Gasteiger charge is 2.30. The van der Waals surface area contributed by atoms with Crippen molar-refractivity contribution in [3.63, 3.8) is 0 Å². The first kappa shape index (κ1) is 18.3. The Balaban J connectivity index is 1.94. The molecule has 0 bridgehead atoms. The Morgan fingerprint density at radius 1 is 1.40 bits per heavy atom. The van der Waals surface area contributed by atoms with Crippen LogP contribution in [0.2, 0.25) is 0 Å². The Kier molecular flexibility index (Phi) is 5.13. The molecule has 3 rings (SSSR count). The number of amides is 1. The second kappa shape index (κ2) is 7.01. The zero-order chi connectivity index (χ0) is 18.2. The lowest BCUT2D eigenvalue weighted by Crippen LogP contribution is -2.41. The van der Waals surface area contributed by atoms with Crippen LogP contribution in [-0.4, -0.2) is 42.5 Å². The molecule has 1 fully saturated rings. The van der Waals surface area contributed by atoms with Gasteiger partial charge in [0.2, 0.25) is 10.0 Å². The van der Waals surface area contributed by atoms with Gasteiger partial charge in [0.05, 0.1) is 22.4 Å². The van der Waals surface area contributed by atoms with Gasteiger partial charge in [-0.2, -0.15) is 4.99 Å². The second-order valence-electron chi connectivity index (χ2n) is 6.47. The number of piperidine rings is 1. The summed E-state index contributed by atoms with van der Waals surface area (Å²) in [5.74, 6) is -0.590. The van der Waals surface area contributed by atoms with Gasteiger partial charge in [-0.15, -0.1) is 0 Å². The zero-order valence-corrected chi connectivity index (χ0v) is 16.4. The standard InChI is InChI=1S/C17H23N3O3S2/c1-4-12-7-5-9-14-15(12)19(2)17(24-14)18-16(21)13-8-6-10-20(11-13)25(3,22)23/h5,7,9,13H,4,6,8,10-11H2,1-3H3. The Labute approximate surface area is 151 Å². The number of thiazole rings is 1. The van der Waals surface area contributed by atoms with Gasteiger partial charge in [-0.1, -0.05) is 30.4 Å². The van der Waals surface area contributed by atoms with Gasteiger partial charge in [0.25, 0.3) is 5.91 Å². The van der Waals surface area contributed by atoms with E-state index >= 15 is 0 Å². The first-order valence-corrected chi connectivity index (χ1v) is 11.1. The molecule has 0 N–H and O–H groups in total. The van der Waals surface area contributed by atoms with Crippen molar-refractivity contribution in [3.8, 4) is 0 Å². The van der Waals surface area contributed by atoms with Crippen molar-refractivity contribution in [1.82, 2.24) is 8.87 Å². The minimum atomic E-state index is -3.27. The van der Waals surface area contributed by atoms with Crippen LogP contribution in [0.4, 0.5) is 0 Å². The van der Waals surface area contributed by atoms with Crippen LogP contribution < -0.4 is 4.80 Å². The fourth-order valence-corrected chi connectivity index (χ4v) is 5.29. The Hall–Kier alpha value is -1.51. The number of benzene rings is 1. The molecule has 136 valence electrons. The van der Waals surface area contributed by atoms with Crippen LogP contribution in [0.3, 0.4) is 0 Å². The highest BCUT2D eigenvalue weighted by molar-refractivity contribution is 7.88. The molecular weight excluding hydrogens is 358 g/mol. The first-order chi connectivity index (χ1) is 11.8. The van der Waals surface area contributed by atoms with Crippen LogP contribution in [0.5, 0.6) is 0 Å². The normalized spacial score (nSPS) is 20.3. The molecule has 6 nitrogen and oxygen atoms in total. The first-order valence-electron chi connectivity index (χ1n) is 8.42. The summed E-state index contributed by atoms with van der Waals surface area (Å²) in [6.07, 6.45) is 3.48. The van der Waals surface area contributed by atoms with Gasteiger partial charge < -0.3 is 4.57 Å². The van der Waals surface area contributed by atoms with E-state index in [1.165, 1.54) is 27.5 Å². The number of nitrogens with zero attached hydrogens (tertiary/aromatic N) is 3. The molecule has 1 saturated heterocycles. The smallest absolute Gasteiger partial charge is 0.252 e. The zero-order valence-electron chi connectivity index (χ0n) is 14.7. The van der Waals surface area contributed by atoms with Crippen molar-refractivity contribution in [2.45, 2.75) is 26.2 Å². The molecule has 1 aliphatic heterocycles. The SMILES string of the molecule is CCc1cccc2sc(=NC(=O)C3CCCN(S(C)(=O)=O)C3)n(C)c12. The minimum Gasteiger partial charge on any atom is -0.319 e. The van der Waals surface area contributed by atoms with Crippen LogP contribution >= 0.6 is 11.3 Å². The predicted molar refractivity (Wildman–Crippen MR) is 99.9 cm³/mol. The maximum Gasteiger partial charge on any atom is 0.252 e. The van der Waals surface area contributed by atoms with E-state index in [1.807, 2.05) is 23.7 Å². The van der Waals surface area contributed by atoms with Crippen LogP contribution in [0.25, 0.3) is 10.2 Å². The van der Waals surface area contributed by atoms with Crippen LogP contribution in [0, 0.1) is 5.92 Å². The van der Waals surface area contributed by atoms with Gasteiger partial charge in [0.15, 0.2) is 4.80 Å². The number of carbonyl (C=O) groups is 1. The molecule has 1 aromatic heterocycles. The summed E-state index contributed by atoms with van der Waals surface area (Å²) in [6.45, 7) is 2.82. The molecule has 25 heavy (non-hydrogen) atoms. The molecule has 1 aromatic carbocycles. The summed E-state index contributed by atoms with van der Waals surface area (Å²) in [5, 5.41) is 0. The fraction of sp³-hybridized carbons (Fsp3) is 0.529. The summed E-state index contributed by atoms with van der Waals surface area (Å²) in [4.78, 5) is 17.6. The van der Waals surface area contributed by atoms with E-state index in [0.29, 0.717) is 24.2 Å². The number of para-hydroxylation sites is 1. The van der Waals surface area contributed by atoms with E-state index in [9.17, 15) is 13.2 Å². The Morgan fingerprint density at radius 3 is 2.84 bits per heavy atom. The number of hydrogen-bond acceptors (Lipinski definition) is 4. The quantitative estimate of drug-likeness (QED) is 0.815. The van der Waals surface area contributed by atoms with Gasteiger partial charge in [-0.3, -0.25) is 4.79 Å². The molecule has 0 saturated carbocycles. The molecule has 0 radical (unpaired) electrons. The van der Waals surface area contributed by atoms with Crippen LogP contribution in [0.15, 0.2) is 23.2 Å². The van der Waals surface area contributed by atoms with E-state index in [2.05, 4.69) is 18.0 Å². The molecule has 1 atom stereocenters. The molecule has 1 amide bonds. The number of rotatable bonds is 3. The summed E-state index contributed by atoms with van der Waals surface area (Å²) in [7, 11) is -1.34. The number of fused-ring (bicyclic) bond motifs is 1. The third-order valence-electron chi connectivity index (χ3n) is 4.70. The fourth-order valence-electron chi connectivity index (χ4n) is 3.31. The Bertz CT molecular complexity index is 973.